The van der Waals surface area contributed by atoms with E-state index in [9.17, 15) is 4.39 Å². The molecule has 0 N–H and O–H groups in total. The number of halogens is 1. The van der Waals surface area contributed by atoms with Crippen LogP contribution in [0.25, 0.3) is 0 Å². The molecule has 1 aliphatic heterocycles. The van der Waals surface area contributed by atoms with E-state index < -0.39 is 0 Å². The Morgan fingerprint density at radius 2 is 2.06 bits per heavy atom. The molecule has 0 amide bonds. The van der Waals surface area contributed by atoms with Gasteiger partial charge >= 0.3 is 0 Å². The maximum atomic E-state index is 12.8. The number of hydrogen-bond acceptors (Lipinski definition) is 2. The highest BCUT2D eigenvalue weighted by Gasteiger charge is 2.25. The van der Waals surface area contributed by atoms with Gasteiger partial charge in [-0.2, -0.15) is 0 Å². The van der Waals surface area contributed by atoms with E-state index in [2.05, 4.69) is 11.8 Å². The normalized spacial score (nSPS) is 20.2. The van der Waals surface area contributed by atoms with Crippen LogP contribution < -0.4 is 4.74 Å². The molecule has 1 saturated heterocycles. The highest BCUT2D eigenvalue weighted by atomic mass is 19.1. The average Bonchev–Trinajstić information content (AvgIpc) is 2.80. The van der Waals surface area contributed by atoms with Crippen LogP contribution in [0.2, 0.25) is 0 Å². The van der Waals surface area contributed by atoms with Crippen LogP contribution in [-0.2, 0) is 0 Å². The van der Waals surface area contributed by atoms with Crippen molar-refractivity contribution in [3.05, 3.63) is 30.1 Å². The standard InChI is InChI=1S/C15H22FNO/c1-2-3-4-11-17-12-5-6-15(17)18-14-9-7-13(16)8-10-14/h7-10,15H,2-6,11-12H2,1H3. The number of nitrogens with zero attached hydrogens (tertiary/aromatic N) is 1. The molecule has 1 atom stereocenters. The SMILES string of the molecule is CCCCCN1CCCC1Oc1ccc(F)cc1. The van der Waals surface area contributed by atoms with Crippen LogP contribution in [0.15, 0.2) is 24.3 Å². The van der Waals surface area contributed by atoms with Gasteiger partial charge in [-0.25, -0.2) is 4.39 Å². The summed E-state index contributed by atoms with van der Waals surface area (Å²) in [5, 5.41) is 0. The Hall–Kier alpha value is -1.09. The molecule has 0 aromatic heterocycles. The molecule has 0 spiro atoms. The Balaban J connectivity index is 1.85. The molecule has 1 aromatic carbocycles. The second-order valence-electron chi connectivity index (χ2n) is 4.91. The molecule has 1 aromatic rings. The highest BCUT2D eigenvalue weighted by molar-refractivity contribution is 5.22. The van der Waals surface area contributed by atoms with Crippen molar-refractivity contribution < 1.29 is 9.13 Å². The highest BCUT2D eigenvalue weighted by Crippen LogP contribution is 2.22. The average molecular weight is 251 g/mol. The molecule has 1 heterocycles. The third kappa shape index (κ3) is 3.70. The molecule has 0 bridgehead atoms. The lowest BCUT2D eigenvalue weighted by Crippen LogP contribution is -2.34. The van der Waals surface area contributed by atoms with Crippen LogP contribution in [-0.4, -0.2) is 24.2 Å². The third-order valence-corrected chi connectivity index (χ3v) is 3.44. The van der Waals surface area contributed by atoms with E-state index >= 15 is 0 Å². The summed E-state index contributed by atoms with van der Waals surface area (Å²) in [4.78, 5) is 2.40. The van der Waals surface area contributed by atoms with Gasteiger partial charge in [0.05, 0.1) is 0 Å². The fraction of sp³-hybridized carbons (Fsp3) is 0.600. The zero-order chi connectivity index (χ0) is 12.8. The van der Waals surface area contributed by atoms with Gasteiger partial charge in [-0.05, 0) is 43.5 Å². The monoisotopic (exact) mass is 251 g/mol. The zero-order valence-electron chi connectivity index (χ0n) is 11.1. The first-order valence-electron chi connectivity index (χ1n) is 6.96. The Labute approximate surface area is 109 Å². The van der Waals surface area contributed by atoms with Crippen LogP contribution in [0, 0.1) is 5.82 Å². The van der Waals surface area contributed by atoms with Crippen LogP contribution in [0.5, 0.6) is 5.75 Å². The molecule has 1 aliphatic rings. The minimum Gasteiger partial charge on any atom is -0.475 e. The minimum atomic E-state index is -0.214. The van der Waals surface area contributed by atoms with Crippen molar-refractivity contribution in [1.82, 2.24) is 4.90 Å². The van der Waals surface area contributed by atoms with E-state index in [-0.39, 0.29) is 12.0 Å². The topological polar surface area (TPSA) is 12.5 Å². The fourth-order valence-corrected chi connectivity index (χ4v) is 2.42. The van der Waals surface area contributed by atoms with Gasteiger partial charge in [0, 0.05) is 13.1 Å². The van der Waals surface area contributed by atoms with Crippen molar-refractivity contribution in [2.24, 2.45) is 0 Å². The predicted octanol–water partition coefficient (Wildman–Crippen LogP) is 3.82. The summed E-state index contributed by atoms with van der Waals surface area (Å²) in [6.45, 7) is 4.45. The molecule has 18 heavy (non-hydrogen) atoms. The summed E-state index contributed by atoms with van der Waals surface area (Å²) in [6, 6.07) is 6.31. The number of unbranched alkanes of at least 4 members (excludes halogenated alkanes) is 2. The largest absolute Gasteiger partial charge is 0.475 e. The summed E-state index contributed by atoms with van der Waals surface area (Å²) in [7, 11) is 0. The molecule has 0 aliphatic carbocycles. The Morgan fingerprint density at radius 1 is 1.28 bits per heavy atom. The number of hydrogen-bond donors (Lipinski definition) is 0. The van der Waals surface area contributed by atoms with E-state index in [0.717, 1.165) is 25.3 Å². The van der Waals surface area contributed by atoms with Gasteiger partial charge in [-0.1, -0.05) is 19.8 Å². The first kappa shape index (κ1) is 13.3. The van der Waals surface area contributed by atoms with Crippen LogP contribution >= 0.6 is 0 Å². The van der Waals surface area contributed by atoms with Crippen molar-refractivity contribution >= 4 is 0 Å². The molecule has 3 heteroatoms. The minimum absolute atomic E-state index is 0.173. The molecule has 1 unspecified atom stereocenters. The molecular formula is C15H22FNO. The fourth-order valence-electron chi connectivity index (χ4n) is 2.42. The van der Waals surface area contributed by atoms with E-state index in [4.69, 9.17) is 4.74 Å². The molecule has 100 valence electrons. The van der Waals surface area contributed by atoms with Gasteiger partial charge in [-0.3, -0.25) is 4.90 Å². The smallest absolute Gasteiger partial charge is 0.152 e. The number of ether oxygens (including phenoxy) is 1. The van der Waals surface area contributed by atoms with Gasteiger partial charge in [0.25, 0.3) is 0 Å². The zero-order valence-corrected chi connectivity index (χ0v) is 11.1. The lowest BCUT2D eigenvalue weighted by atomic mass is 10.2. The summed E-state index contributed by atoms with van der Waals surface area (Å²) >= 11 is 0. The summed E-state index contributed by atoms with van der Waals surface area (Å²) in [6.07, 6.45) is 6.20. The van der Waals surface area contributed by atoms with Crippen molar-refractivity contribution in [3.63, 3.8) is 0 Å². The molecule has 0 saturated carbocycles. The maximum Gasteiger partial charge on any atom is 0.152 e. The van der Waals surface area contributed by atoms with Gasteiger partial charge in [0.15, 0.2) is 6.23 Å². The van der Waals surface area contributed by atoms with Gasteiger partial charge in [-0.15, -0.1) is 0 Å². The van der Waals surface area contributed by atoms with Crippen molar-refractivity contribution in [2.45, 2.75) is 45.3 Å². The summed E-state index contributed by atoms with van der Waals surface area (Å²) in [5.41, 5.74) is 0. The molecular weight excluding hydrogens is 229 g/mol. The second-order valence-corrected chi connectivity index (χ2v) is 4.91. The molecule has 2 nitrogen and oxygen atoms in total. The molecule has 1 fully saturated rings. The quantitative estimate of drug-likeness (QED) is 0.713. The Morgan fingerprint density at radius 3 is 2.78 bits per heavy atom. The molecule has 0 radical (unpaired) electrons. The van der Waals surface area contributed by atoms with E-state index in [1.54, 1.807) is 12.1 Å². The van der Waals surface area contributed by atoms with Crippen LogP contribution in [0.4, 0.5) is 4.39 Å². The van der Waals surface area contributed by atoms with E-state index in [1.807, 2.05) is 0 Å². The lowest BCUT2D eigenvalue weighted by Gasteiger charge is -2.25. The number of likely N-dealkylation sites (tertiary alicyclic amines) is 1. The maximum absolute atomic E-state index is 12.8. The first-order valence-corrected chi connectivity index (χ1v) is 6.96. The number of rotatable bonds is 6. The summed E-state index contributed by atoms with van der Waals surface area (Å²) in [5.74, 6) is 0.553. The predicted molar refractivity (Wildman–Crippen MR) is 71.1 cm³/mol. The first-order chi connectivity index (χ1) is 8.79. The second kappa shape index (κ2) is 6.74. The molecule has 2 rings (SSSR count). The van der Waals surface area contributed by atoms with E-state index in [1.165, 1.54) is 37.8 Å². The Bertz CT molecular complexity index is 352. The van der Waals surface area contributed by atoms with Crippen molar-refractivity contribution in [1.29, 1.82) is 0 Å². The number of benzene rings is 1. The van der Waals surface area contributed by atoms with Crippen molar-refractivity contribution in [2.75, 3.05) is 13.1 Å². The lowest BCUT2D eigenvalue weighted by molar-refractivity contribution is 0.0594. The van der Waals surface area contributed by atoms with E-state index in [0.29, 0.717) is 0 Å². The Kier molecular flexibility index (Phi) is 5.00. The van der Waals surface area contributed by atoms with Crippen molar-refractivity contribution in [3.8, 4) is 5.75 Å². The van der Waals surface area contributed by atoms with Gasteiger partial charge < -0.3 is 4.74 Å². The third-order valence-electron chi connectivity index (χ3n) is 3.44. The van der Waals surface area contributed by atoms with Gasteiger partial charge in [0.2, 0.25) is 0 Å². The van der Waals surface area contributed by atoms with Gasteiger partial charge in [0.1, 0.15) is 11.6 Å². The van der Waals surface area contributed by atoms with Crippen LogP contribution in [0.3, 0.4) is 0 Å². The van der Waals surface area contributed by atoms with Crippen LogP contribution in [0.1, 0.15) is 39.0 Å². The summed E-state index contributed by atoms with van der Waals surface area (Å²) < 4.78 is 18.7.